The molecule has 1 unspecified atom stereocenters. The molecule has 1 heterocycles. The fourth-order valence-electron chi connectivity index (χ4n) is 3.35. The highest BCUT2D eigenvalue weighted by Crippen LogP contribution is 2.42. The van der Waals surface area contributed by atoms with Crippen molar-refractivity contribution in [2.24, 2.45) is 5.92 Å². The Balaban J connectivity index is 1.80. The standard InChI is InChI=1S/C17H18F4N2O3/c18-12-8-10(17(19,20)21)5-6-11(12)14(9-3-4-9)22-15(24)13-2-1-7-23(13)16(25)26/h5-6,8-9,13-14H,1-4,7H2,(H,22,24)(H,25,26)/t13?,14-/m1/s1. The van der Waals surface area contributed by atoms with Gasteiger partial charge < -0.3 is 10.4 Å². The van der Waals surface area contributed by atoms with Crippen LogP contribution in [0, 0.1) is 11.7 Å². The number of carboxylic acid groups (broad SMARTS) is 1. The molecule has 2 fully saturated rings. The molecule has 1 saturated heterocycles. The Morgan fingerprint density at radius 1 is 1.23 bits per heavy atom. The summed E-state index contributed by atoms with van der Waals surface area (Å²) in [4.78, 5) is 24.7. The predicted molar refractivity (Wildman–Crippen MR) is 82.8 cm³/mol. The van der Waals surface area contributed by atoms with Crippen LogP contribution in [0.2, 0.25) is 0 Å². The number of benzene rings is 1. The van der Waals surface area contributed by atoms with Crippen molar-refractivity contribution in [2.75, 3.05) is 6.54 Å². The Morgan fingerprint density at radius 3 is 2.46 bits per heavy atom. The molecule has 0 spiro atoms. The summed E-state index contributed by atoms with van der Waals surface area (Å²) in [7, 11) is 0. The molecule has 1 aromatic rings. The molecular weight excluding hydrogens is 356 g/mol. The molecular formula is C17H18F4N2O3. The van der Waals surface area contributed by atoms with Crippen LogP contribution < -0.4 is 5.32 Å². The number of rotatable bonds is 4. The molecule has 1 saturated carbocycles. The molecule has 2 amide bonds. The molecule has 5 nitrogen and oxygen atoms in total. The zero-order valence-corrected chi connectivity index (χ0v) is 13.7. The van der Waals surface area contributed by atoms with Gasteiger partial charge in [-0.1, -0.05) is 6.07 Å². The minimum atomic E-state index is -4.65. The highest BCUT2D eigenvalue weighted by Gasteiger charge is 2.40. The zero-order chi connectivity index (χ0) is 19.1. The first-order chi connectivity index (χ1) is 12.2. The molecule has 26 heavy (non-hydrogen) atoms. The van der Waals surface area contributed by atoms with E-state index in [4.69, 9.17) is 5.11 Å². The lowest BCUT2D eigenvalue weighted by Crippen LogP contribution is -2.46. The Kier molecular flexibility index (Phi) is 4.81. The Hall–Kier alpha value is -2.32. The Morgan fingerprint density at radius 2 is 1.92 bits per heavy atom. The van der Waals surface area contributed by atoms with E-state index in [1.54, 1.807) is 0 Å². The maximum atomic E-state index is 14.3. The van der Waals surface area contributed by atoms with Gasteiger partial charge in [0.25, 0.3) is 0 Å². The van der Waals surface area contributed by atoms with Crippen molar-refractivity contribution in [3.8, 4) is 0 Å². The van der Waals surface area contributed by atoms with Gasteiger partial charge in [0, 0.05) is 12.1 Å². The van der Waals surface area contributed by atoms with E-state index in [2.05, 4.69) is 5.32 Å². The van der Waals surface area contributed by atoms with Gasteiger partial charge >= 0.3 is 12.3 Å². The number of alkyl halides is 3. The monoisotopic (exact) mass is 374 g/mol. The first-order valence-corrected chi connectivity index (χ1v) is 8.35. The van der Waals surface area contributed by atoms with Crippen molar-refractivity contribution in [1.29, 1.82) is 0 Å². The lowest BCUT2D eigenvalue weighted by molar-refractivity contribution is -0.137. The van der Waals surface area contributed by atoms with E-state index in [0.717, 1.165) is 29.9 Å². The fourth-order valence-corrected chi connectivity index (χ4v) is 3.35. The van der Waals surface area contributed by atoms with Crippen molar-refractivity contribution < 1.29 is 32.3 Å². The third kappa shape index (κ3) is 3.76. The number of carbonyl (C=O) groups excluding carboxylic acids is 1. The van der Waals surface area contributed by atoms with Crippen LogP contribution in [0.1, 0.15) is 42.9 Å². The van der Waals surface area contributed by atoms with Crippen LogP contribution in [0.3, 0.4) is 0 Å². The summed E-state index contributed by atoms with van der Waals surface area (Å²) >= 11 is 0. The summed E-state index contributed by atoms with van der Waals surface area (Å²) in [6.07, 6.45) is -3.50. The van der Waals surface area contributed by atoms with E-state index in [0.29, 0.717) is 18.9 Å². The van der Waals surface area contributed by atoms with Crippen LogP contribution in [0.15, 0.2) is 18.2 Å². The molecule has 9 heteroatoms. The van der Waals surface area contributed by atoms with Gasteiger partial charge in [-0.2, -0.15) is 13.2 Å². The van der Waals surface area contributed by atoms with Crippen molar-refractivity contribution in [3.63, 3.8) is 0 Å². The van der Waals surface area contributed by atoms with Crippen molar-refractivity contribution in [2.45, 2.75) is 43.9 Å². The number of carbonyl (C=O) groups is 2. The van der Waals surface area contributed by atoms with E-state index < -0.39 is 41.6 Å². The zero-order valence-electron chi connectivity index (χ0n) is 13.7. The summed E-state index contributed by atoms with van der Waals surface area (Å²) in [6, 6.07) is 0.646. The van der Waals surface area contributed by atoms with Crippen LogP contribution in [0.25, 0.3) is 0 Å². The van der Waals surface area contributed by atoms with Crippen LogP contribution in [-0.2, 0) is 11.0 Å². The summed E-state index contributed by atoms with van der Waals surface area (Å²) in [5.41, 5.74) is -1.10. The average Bonchev–Trinajstić information content (AvgIpc) is 3.26. The number of hydrogen-bond donors (Lipinski definition) is 2. The third-order valence-corrected chi connectivity index (χ3v) is 4.86. The number of hydrogen-bond acceptors (Lipinski definition) is 2. The number of nitrogens with zero attached hydrogens (tertiary/aromatic N) is 1. The van der Waals surface area contributed by atoms with Gasteiger partial charge in [0.2, 0.25) is 5.91 Å². The highest BCUT2D eigenvalue weighted by molar-refractivity contribution is 5.86. The highest BCUT2D eigenvalue weighted by atomic mass is 19.4. The van der Waals surface area contributed by atoms with Gasteiger partial charge in [0.05, 0.1) is 11.6 Å². The maximum absolute atomic E-state index is 14.3. The van der Waals surface area contributed by atoms with Gasteiger partial charge in [0.15, 0.2) is 0 Å². The largest absolute Gasteiger partial charge is 0.465 e. The molecule has 1 aromatic carbocycles. The van der Waals surface area contributed by atoms with E-state index in [1.807, 2.05) is 0 Å². The second-order valence-electron chi connectivity index (χ2n) is 6.69. The average molecular weight is 374 g/mol. The van der Waals surface area contributed by atoms with Crippen LogP contribution in [0.4, 0.5) is 22.4 Å². The van der Waals surface area contributed by atoms with Gasteiger partial charge in [0.1, 0.15) is 11.9 Å². The number of likely N-dealkylation sites (tertiary alicyclic amines) is 1. The molecule has 0 bridgehead atoms. The second-order valence-corrected chi connectivity index (χ2v) is 6.69. The number of nitrogens with one attached hydrogen (secondary N) is 1. The van der Waals surface area contributed by atoms with E-state index in [-0.39, 0.29) is 18.0 Å². The van der Waals surface area contributed by atoms with Crippen LogP contribution in [0.5, 0.6) is 0 Å². The van der Waals surface area contributed by atoms with Crippen molar-refractivity contribution in [1.82, 2.24) is 10.2 Å². The van der Waals surface area contributed by atoms with Gasteiger partial charge in [-0.15, -0.1) is 0 Å². The topological polar surface area (TPSA) is 69.6 Å². The molecule has 2 aliphatic rings. The SMILES string of the molecule is O=C(N[C@@H](c1ccc(C(F)(F)F)cc1F)C1CC1)C1CCCN1C(=O)O. The lowest BCUT2D eigenvalue weighted by atomic mass is 9.99. The predicted octanol–water partition coefficient (Wildman–Crippen LogP) is 3.55. The van der Waals surface area contributed by atoms with E-state index >= 15 is 0 Å². The molecule has 0 radical (unpaired) electrons. The summed E-state index contributed by atoms with van der Waals surface area (Å²) in [5.74, 6) is -1.63. The summed E-state index contributed by atoms with van der Waals surface area (Å²) < 4.78 is 52.4. The van der Waals surface area contributed by atoms with Gasteiger partial charge in [-0.25, -0.2) is 9.18 Å². The lowest BCUT2D eigenvalue weighted by Gasteiger charge is -2.25. The van der Waals surface area contributed by atoms with Gasteiger partial charge in [-0.3, -0.25) is 9.69 Å². The fraction of sp³-hybridized carbons (Fsp3) is 0.529. The van der Waals surface area contributed by atoms with E-state index in [1.165, 1.54) is 0 Å². The minimum Gasteiger partial charge on any atom is -0.465 e. The summed E-state index contributed by atoms with van der Waals surface area (Å²) in [6.45, 7) is 0.246. The molecule has 1 aliphatic carbocycles. The maximum Gasteiger partial charge on any atom is 0.416 e. The number of amides is 2. The molecule has 1 aliphatic heterocycles. The molecule has 2 atom stereocenters. The normalized spacial score (nSPS) is 21.5. The molecule has 2 N–H and O–H groups in total. The Bertz CT molecular complexity index is 718. The van der Waals surface area contributed by atoms with E-state index in [9.17, 15) is 27.2 Å². The van der Waals surface area contributed by atoms with Crippen molar-refractivity contribution in [3.05, 3.63) is 35.1 Å². The van der Waals surface area contributed by atoms with Crippen LogP contribution in [-0.4, -0.2) is 34.6 Å². The molecule has 142 valence electrons. The quantitative estimate of drug-likeness (QED) is 0.792. The molecule has 3 rings (SSSR count). The second kappa shape index (κ2) is 6.77. The molecule has 0 aromatic heterocycles. The van der Waals surface area contributed by atoms with Crippen LogP contribution >= 0.6 is 0 Å². The summed E-state index contributed by atoms with van der Waals surface area (Å²) in [5, 5.41) is 11.8. The first kappa shape index (κ1) is 18.5. The Labute approximate surface area is 147 Å². The van der Waals surface area contributed by atoms with Gasteiger partial charge in [-0.05, 0) is 43.7 Å². The first-order valence-electron chi connectivity index (χ1n) is 8.35. The third-order valence-electron chi connectivity index (χ3n) is 4.86. The van der Waals surface area contributed by atoms with Crippen molar-refractivity contribution >= 4 is 12.0 Å². The minimum absolute atomic E-state index is 0.00581. The number of halogens is 4. The smallest absolute Gasteiger partial charge is 0.416 e.